The number of hydrogen-bond acceptors (Lipinski definition) is 3. The zero-order valence-electron chi connectivity index (χ0n) is 12.6. The predicted molar refractivity (Wildman–Crippen MR) is 88.6 cm³/mol. The van der Waals surface area contributed by atoms with Crippen LogP contribution in [0.1, 0.15) is 12.2 Å². The van der Waals surface area contributed by atoms with Crippen LogP contribution in [-0.2, 0) is 11.2 Å². The average molecular weight is 307 g/mol. The SMILES string of the molecule is O=C(CCc1ccco1)Nc1ccc(Oc2ccccc2)cc1. The quantitative estimate of drug-likeness (QED) is 0.721. The molecule has 116 valence electrons. The average Bonchev–Trinajstić information content (AvgIpc) is 3.09. The summed E-state index contributed by atoms with van der Waals surface area (Å²) in [4.78, 5) is 11.9. The Morgan fingerprint density at radius 3 is 2.35 bits per heavy atom. The van der Waals surface area contributed by atoms with Gasteiger partial charge in [0, 0.05) is 18.5 Å². The van der Waals surface area contributed by atoms with Gasteiger partial charge in [0.15, 0.2) is 0 Å². The van der Waals surface area contributed by atoms with E-state index in [1.165, 1.54) is 0 Å². The second kappa shape index (κ2) is 7.31. The predicted octanol–water partition coefficient (Wildman–Crippen LogP) is 4.64. The number of hydrogen-bond donors (Lipinski definition) is 1. The molecule has 1 aromatic heterocycles. The van der Waals surface area contributed by atoms with Gasteiger partial charge in [-0.25, -0.2) is 0 Å². The second-order valence-corrected chi connectivity index (χ2v) is 5.07. The summed E-state index contributed by atoms with van der Waals surface area (Å²) in [6.07, 6.45) is 2.59. The van der Waals surface area contributed by atoms with Crippen LogP contribution in [0.3, 0.4) is 0 Å². The molecule has 0 saturated carbocycles. The number of para-hydroxylation sites is 1. The number of amides is 1. The second-order valence-electron chi connectivity index (χ2n) is 5.07. The zero-order valence-corrected chi connectivity index (χ0v) is 12.6. The van der Waals surface area contributed by atoms with Crippen LogP contribution in [0.5, 0.6) is 11.5 Å². The van der Waals surface area contributed by atoms with Crippen molar-refractivity contribution >= 4 is 11.6 Å². The molecule has 3 rings (SSSR count). The molecule has 4 nitrogen and oxygen atoms in total. The topological polar surface area (TPSA) is 51.5 Å². The van der Waals surface area contributed by atoms with Crippen molar-refractivity contribution in [2.75, 3.05) is 5.32 Å². The highest BCUT2D eigenvalue weighted by molar-refractivity contribution is 5.90. The van der Waals surface area contributed by atoms with Crippen LogP contribution in [0, 0.1) is 0 Å². The molecule has 0 aliphatic rings. The molecule has 0 unspecified atom stereocenters. The molecular weight excluding hydrogens is 290 g/mol. The maximum absolute atomic E-state index is 11.9. The lowest BCUT2D eigenvalue weighted by Gasteiger charge is -2.08. The zero-order chi connectivity index (χ0) is 15.9. The van der Waals surface area contributed by atoms with Gasteiger partial charge in [-0.2, -0.15) is 0 Å². The Hall–Kier alpha value is -3.01. The Balaban J connectivity index is 1.51. The highest BCUT2D eigenvalue weighted by Crippen LogP contribution is 2.22. The van der Waals surface area contributed by atoms with E-state index in [1.807, 2.05) is 66.7 Å². The van der Waals surface area contributed by atoms with E-state index < -0.39 is 0 Å². The van der Waals surface area contributed by atoms with Crippen LogP contribution >= 0.6 is 0 Å². The third-order valence-electron chi connectivity index (χ3n) is 3.30. The highest BCUT2D eigenvalue weighted by Gasteiger charge is 2.05. The van der Waals surface area contributed by atoms with Crippen molar-refractivity contribution in [1.82, 2.24) is 0 Å². The van der Waals surface area contributed by atoms with Gasteiger partial charge in [-0.3, -0.25) is 4.79 Å². The lowest BCUT2D eigenvalue weighted by molar-refractivity contribution is -0.116. The molecule has 4 heteroatoms. The van der Waals surface area contributed by atoms with Crippen molar-refractivity contribution in [2.45, 2.75) is 12.8 Å². The molecule has 0 bridgehead atoms. The molecule has 0 spiro atoms. The lowest BCUT2D eigenvalue weighted by atomic mass is 10.2. The maximum atomic E-state index is 11.9. The number of benzene rings is 2. The molecule has 3 aromatic rings. The summed E-state index contributed by atoms with van der Waals surface area (Å²) >= 11 is 0. The van der Waals surface area contributed by atoms with E-state index in [-0.39, 0.29) is 5.91 Å². The van der Waals surface area contributed by atoms with E-state index in [2.05, 4.69) is 5.32 Å². The Labute approximate surface area is 134 Å². The number of ether oxygens (including phenoxy) is 1. The molecule has 1 heterocycles. The number of furan rings is 1. The fourth-order valence-corrected chi connectivity index (χ4v) is 2.15. The van der Waals surface area contributed by atoms with Crippen molar-refractivity contribution in [3.63, 3.8) is 0 Å². The first kappa shape index (κ1) is 14.9. The molecule has 1 N–H and O–H groups in total. The van der Waals surface area contributed by atoms with Crippen LogP contribution in [0.25, 0.3) is 0 Å². The van der Waals surface area contributed by atoms with Crippen LogP contribution < -0.4 is 10.1 Å². The Morgan fingerprint density at radius 1 is 0.913 bits per heavy atom. The molecule has 23 heavy (non-hydrogen) atoms. The molecular formula is C19H17NO3. The van der Waals surface area contributed by atoms with E-state index >= 15 is 0 Å². The van der Waals surface area contributed by atoms with Gasteiger partial charge in [-0.15, -0.1) is 0 Å². The van der Waals surface area contributed by atoms with E-state index in [4.69, 9.17) is 9.15 Å². The van der Waals surface area contributed by atoms with Crippen molar-refractivity contribution in [1.29, 1.82) is 0 Å². The third-order valence-corrected chi connectivity index (χ3v) is 3.30. The molecule has 0 atom stereocenters. The van der Waals surface area contributed by atoms with Crippen molar-refractivity contribution in [3.05, 3.63) is 78.8 Å². The Bertz CT molecular complexity index is 734. The van der Waals surface area contributed by atoms with Gasteiger partial charge in [0.2, 0.25) is 5.91 Å². The van der Waals surface area contributed by atoms with Crippen molar-refractivity contribution in [2.24, 2.45) is 0 Å². The van der Waals surface area contributed by atoms with Gasteiger partial charge in [-0.1, -0.05) is 18.2 Å². The summed E-state index contributed by atoms with van der Waals surface area (Å²) in [6, 6.07) is 20.5. The van der Waals surface area contributed by atoms with E-state index in [0.717, 1.165) is 22.9 Å². The number of rotatable bonds is 6. The number of carbonyl (C=O) groups is 1. The molecule has 2 aromatic carbocycles. The molecule has 1 amide bonds. The first-order valence-corrected chi connectivity index (χ1v) is 7.45. The van der Waals surface area contributed by atoms with Crippen molar-refractivity contribution < 1.29 is 13.9 Å². The Morgan fingerprint density at radius 2 is 1.65 bits per heavy atom. The normalized spacial score (nSPS) is 10.3. The van der Waals surface area contributed by atoms with Gasteiger partial charge in [-0.05, 0) is 48.5 Å². The number of anilines is 1. The highest BCUT2D eigenvalue weighted by atomic mass is 16.5. The van der Waals surface area contributed by atoms with Gasteiger partial charge in [0.1, 0.15) is 17.3 Å². The summed E-state index contributed by atoms with van der Waals surface area (Å²) < 4.78 is 10.9. The first-order chi connectivity index (χ1) is 11.3. The van der Waals surface area contributed by atoms with Crippen LogP contribution in [0.4, 0.5) is 5.69 Å². The molecule has 0 aliphatic carbocycles. The minimum Gasteiger partial charge on any atom is -0.469 e. The van der Waals surface area contributed by atoms with Crippen molar-refractivity contribution in [3.8, 4) is 11.5 Å². The van der Waals surface area contributed by atoms with E-state index in [9.17, 15) is 4.79 Å². The Kier molecular flexibility index (Phi) is 4.74. The molecule has 0 fully saturated rings. The van der Waals surface area contributed by atoms with E-state index in [1.54, 1.807) is 6.26 Å². The number of aryl methyl sites for hydroxylation is 1. The summed E-state index contributed by atoms with van der Waals surface area (Å²) in [7, 11) is 0. The molecule has 0 aliphatic heterocycles. The van der Waals surface area contributed by atoms with Gasteiger partial charge < -0.3 is 14.5 Å². The summed E-state index contributed by atoms with van der Waals surface area (Å²) in [5, 5.41) is 2.86. The van der Waals surface area contributed by atoms with Crippen LogP contribution in [-0.4, -0.2) is 5.91 Å². The third kappa shape index (κ3) is 4.48. The number of nitrogens with one attached hydrogen (secondary N) is 1. The largest absolute Gasteiger partial charge is 0.469 e. The van der Waals surface area contributed by atoms with Crippen LogP contribution in [0.15, 0.2) is 77.4 Å². The minimum absolute atomic E-state index is 0.0434. The monoisotopic (exact) mass is 307 g/mol. The fraction of sp³-hybridized carbons (Fsp3) is 0.105. The smallest absolute Gasteiger partial charge is 0.224 e. The minimum atomic E-state index is -0.0434. The first-order valence-electron chi connectivity index (χ1n) is 7.45. The van der Waals surface area contributed by atoms with E-state index in [0.29, 0.717) is 12.8 Å². The number of carbonyl (C=O) groups excluding carboxylic acids is 1. The fourth-order valence-electron chi connectivity index (χ4n) is 2.15. The molecule has 0 saturated heterocycles. The molecule has 0 radical (unpaired) electrons. The standard InChI is InChI=1S/C19H17NO3/c21-19(13-12-16-7-4-14-22-16)20-15-8-10-18(11-9-15)23-17-5-2-1-3-6-17/h1-11,14H,12-13H2,(H,20,21). The summed E-state index contributed by atoms with van der Waals surface area (Å²) in [5.41, 5.74) is 0.745. The van der Waals surface area contributed by atoms with Gasteiger partial charge >= 0.3 is 0 Å². The van der Waals surface area contributed by atoms with Gasteiger partial charge in [0.05, 0.1) is 6.26 Å². The van der Waals surface area contributed by atoms with Crippen LogP contribution in [0.2, 0.25) is 0 Å². The summed E-state index contributed by atoms with van der Waals surface area (Å²) in [6.45, 7) is 0. The lowest BCUT2D eigenvalue weighted by Crippen LogP contribution is -2.12. The summed E-state index contributed by atoms with van der Waals surface area (Å²) in [5.74, 6) is 2.28. The van der Waals surface area contributed by atoms with Gasteiger partial charge in [0.25, 0.3) is 0 Å². The maximum Gasteiger partial charge on any atom is 0.224 e.